The smallest absolute Gasteiger partial charge is 0.413 e. The van der Waals surface area contributed by atoms with Crippen molar-refractivity contribution in [2.24, 2.45) is 22.2 Å². The van der Waals surface area contributed by atoms with Crippen LogP contribution in [0.25, 0.3) is 0 Å². The van der Waals surface area contributed by atoms with E-state index in [9.17, 15) is 22.8 Å². The van der Waals surface area contributed by atoms with Gasteiger partial charge in [0.15, 0.2) is 12.1 Å². The molecular weight excluding hydrogens is 542 g/mol. The number of benzene rings is 1. The number of ether oxygens (including phenoxy) is 1. The molecule has 2 amide bonds. The minimum atomic E-state index is -4.40. The van der Waals surface area contributed by atoms with Crippen LogP contribution in [0.5, 0.6) is 5.75 Å². The molecule has 3 atom stereocenters. The van der Waals surface area contributed by atoms with E-state index in [0.29, 0.717) is 47.9 Å². The SMILES string of the molecule is CCCCC(C)C1(C(F)(F)F)CCC(CNC(=O)C23CC(NC(=O)COc4ccc(Cl)c(Cl)c4)(C2)C3)C=N1. The summed E-state index contributed by atoms with van der Waals surface area (Å²) < 4.78 is 47.4. The zero-order valence-corrected chi connectivity index (χ0v) is 23.1. The number of carbonyl (C=O) groups excluding carboxylic acids is 2. The first-order valence-corrected chi connectivity index (χ1v) is 13.9. The highest BCUT2D eigenvalue weighted by molar-refractivity contribution is 6.42. The molecule has 5 rings (SSSR count). The molecule has 0 radical (unpaired) electrons. The Balaban J connectivity index is 1.21. The van der Waals surface area contributed by atoms with Crippen LogP contribution in [0, 0.1) is 17.3 Å². The molecule has 38 heavy (non-hydrogen) atoms. The number of amides is 2. The molecule has 1 heterocycles. The van der Waals surface area contributed by atoms with Crippen molar-refractivity contribution in [1.82, 2.24) is 10.6 Å². The fraction of sp³-hybridized carbons (Fsp3) is 0.667. The van der Waals surface area contributed by atoms with Crippen molar-refractivity contribution in [3.8, 4) is 5.75 Å². The van der Waals surface area contributed by atoms with E-state index in [0.717, 1.165) is 12.8 Å². The zero-order chi connectivity index (χ0) is 27.8. The Morgan fingerprint density at radius 1 is 1.21 bits per heavy atom. The average molecular weight is 576 g/mol. The Hall–Kier alpha value is -2.00. The monoisotopic (exact) mass is 575 g/mol. The van der Waals surface area contributed by atoms with E-state index in [4.69, 9.17) is 27.9 Å². The fourth-order valence-corrected chi connectivity index (χ4v) is 6.46. The Morgan fingerprint density at radius 3 is 2.50 bits per heavy atom. The van der Waals surface area contributed by atoms with Gasteiger partial charge in [-0.3, -0.25) is 14.6 Å². The highest BCUT2D eigenvalue weighted by atomic mass is 35.5. The van der Waals surface area contributed by atoms with Crippen LogP contribution in [-0.2, 0) is 9.59 Å². The van der Waals surface area contributed by atoms with Crippen molar-refractivity contribution in [2.45, 2.75) is 82.5 Å². The number of hydrogen-bond donors (Lipinski definition) is 2. The number of halogens is 5. The van der Waals surface area contributed by atoms with E-state index in [-0.39, 0.29) is 37.3 Å². The summed E-state index contributed by atoms with van der Waals surface area (Å²) in [5.41, 5.74) is -2.96. The molecule has 2 bridgehead atoms. The molecule has 4 aliphatic rings. The summed E-state index contributed by atoms with van der Waals surface area (Å²) in [6, 6.07) is 4.74. The Kier molecular flexibility index (Phi) is 8.30. The van der Waals surface area contributed by atoms with Crippen molar-refractivity contribution < 1.29 is 27.5 Å². The molecule has 3 aliphatic carbocycles. The molecule has 3 unspecified atom stereocenters. The standard InChI is InChI=1S/C27H34Cl2F3N3O3/c1-3-4-5-17(2)26(27(30,31)32)9-8-18(12-34-26)11-33-23(37)24-14-25(15-24,16-24)35-22(36)13-38-19-6-7-20(28)21(29)10-19/h6-7,10,12,17-18H,3-5,8-9,11,13-16H2,1-2H3,(H,33,37)(H,35,36). The number of nitrogens with zero attached hydrogens (tertiary/aromatic N) is 1. The number of nitrogens with one attached hydrogen (secondary N) is 2. The largest absolute Gasteiger partial charge is 0.484 e. The second-order valence-electron chi connectivity index (χ2n) is 11.3. The van der Waals surface area contributed by atoms with E-state index in [1.165, 1.54) is 12.3 Å². The Labute approximate surface area is 231 Å². The van der Waals surface area contributed by atoms with Gasteiger partial charge in [-0.15, -0.1) is 0 Å². The van der Waals surface area contributed by atoms with Crippen LogP contribution in [0.3, 0.4) is 0 Å². The molecule has 3 fully saturated rings. The predicted molar refractivity (Wildman–Crippen MR) is 141 cm³/mol. The van der Waals surface area contributed by atoms with Crippen molar-refractivity contribution in [1.29, 1.82) is 0 Å². The van der Waals surface area contributed by atoms with Crippen LogP contribution < -0.4 is 15.4 Å². The molecule has 1 aromatic carbocycles. The average Bonchev–Trinajstić information content (AvgIpc) is 2.82. The molecule has 0 aromatic heterocycles. The van der Waals surface area contributed by atoms with Crippen LogP contribution in [-0.4, -0.2) is 48.4 Å². The molecule has 6 nitrogen and oxygen atoms in total. The third kappa shape index (κ3) is 5.64. The fourth-order valence-electron chi connectivity index (χ4n) is 6.17. The lowest BCUT2D eigenvalue weighted by molar-refractivity contribution is -0.203. The summed E-state index contributed by atoms with van der Waals surface area (Å²) in [7, 11) is 0. The van der Waals surface area contributed by atoms with Crippen LogP contribution in [0.2, 0.25) is 10.0 Å². The van der Waals surface area contributed by atoms with Gasteiger partial charge in [-0.1, -0.05) is 49.9 Å². The van der Waals surface area contributed by atoms with E-state index in [1.54, 1.807) is 19.1 Å². The topological polar surface area (TPSA) is 79.8 Å². The maximum absolute atomic E-state index is 14.0. The van der Waals surface area contributed by atoms with E-state index < -0.39 is 28.6 Å². The van der Waals surface area contributed by atoms with Crippen molar-refractivity contribution in [2.75, 3.05) is 13.2 Å². The second-order valence-corrected chi connectivity index (χ2v) is 12.1. The van der Waals surface area contributed by atoms with E-state index >= 15 is 0 Å². The summed E-state index contributed by atoms with van der Waals surface area (Å²) in [6.07, 6.45) is 0.934. The normalized spacial score (nSPS) is 30.6. The van der Waals surface area contributed by atoms with Crippen LogP contribution >= 0.6 is 23.2 Å². The van der Waals surface area contributed by atoms with Gasteiger partial charge in [0.1, 0.15) is 5.75 Å². The van der Waals surface area contributed by atoms with E-state index in [2.05, 4.69) is 15.6 Å². The van der Waals surface area contributed by atoms with Gasteiger partial charge in [0.25, 0.3) is 5.91 Å². The molecule has 0 saturated heterocycles. The maximum atomic E-state index is 14.0. The first kappa shape index (κ1) is 29.0. The Bertz CT molecular complexity index is 1080. The minimum absolute atomic E-state index is 0.0665. The van der Waals surface area contributed by atoms with Gasteiger partial charge in [-0.2, -0.15) is 13.2 Å². The number of rotatable bonds is 11. The number of alkyl halides is 3. The second kappa shape index (κ2) is 10.9. The number of hydrogen-bond acceptors (Lipinski definition) is 4. The molecule has 3 saturated carbocycles. The third-order valence-corrected chi connectivity index (χ3v) is 9.15. The Morgan fingerprint density at radius 2 is 1.92 bits per heavy atom. The third-order valence-electron chi connectivity index (χ3n) is 8.41. The summed E-state index contributed by atoms with van der Waals surface area (Å²) in [6.45, 7) is 3.68. The van der Waals surface area contributed by atoms with Gasteiger partial charge >= 0.3 is 6.18 Å². The number of carbonyl (C=O) groups is 2. The lowest BCUT2D eigenvalue weighted by atomic mass is 9.39. The molecular formula is C27H34Cl2F3N3O3. The van der Waals surface area contributed by atoms with Crippen LogP contribution in [0.1, 0.15) is 65.2 Å². The minimum Gasteiger partial charge on any atom is -0.484 e. The first-order chi connectivity index (χ1) is 17.8. The predicted octanol–water partition coefficient (Wildman–Crippen LogP) is 6.14. The van der Waals surface area contributed by atoms with Gasteiger partial charge in [0.05, 0.1) is 15.5 Å². The van der Waals surface area contributed by atoms with Crippen molar-refractivity contribution in [3.05, 3.63) is 28.2 Å². The van der Waals surface area contributed by atoms with Crippen LogP contribution in [0.15, 0.2) is 23.2 Å². The highest BCUT2D eigenvalue weighted by Crippen LogP contribution is 2.67. The molecule has 1 aromatic rings. The van der Waals surface area contributed by atoms with Gasteiger partial charge < -0.3 is 15.4 Å². The van der Waals surface area contributed by atoms with Gasteiger partial charge in [-0.05, 0) is 56.6 Å². The zero-order valence-electron chi connectivity index (χ0n) is 21.6. The molecule has 0 spiro atoms. The number of unbranched alkanes of at least 4 members (excludes halogenated alkanes) is 1. The lowest BCUT2D eigenvalue weighted by Gasteiger charge is -2.69. The maximum Gasteiger partial charge on any atom is 0.413 e. The summed E-state index contributed by atoms with van der Waals surface area (Å²) in [5, 5.41) is 6.60. The summed E-state index contributed by atoms with van der Waals surface area (Å²) >= 11 is 11.8. The highest BCUT2D eigenvalue weighted by Gasteiger charge is 2.72. The van der Waals surface area contributed by atoms with Gasteiger partial charge in [0.2, 0.25) is 5.91 Å². The lowest BCUT2D eigenvalue weighted by Crippen LogP contribution is -2.78. The van der Waals surface area contributed by atoms with Gasteiger partial charge in [-0.25, -0.2) is 0 Å². The summed E-state index contributed by atoms with van der Waals surface area (Å²) in [4.78, 5) is 29.3. The number of aliphatic imine (C=N–C) groups is 1. The van der Waals surface area contributed by atoms with Crippen LogP contribution in [0.4, 0.5) is 13.2 Å². The summed E-state index contributed by atoms with van der Waals surface area (Å²) in [5.74, 6) is -0.789. The first-order valence-electron chi connectivity index (χ1n) is 13.1. The van der Waals surface area contributed by atoms with Crippen molar-refractivity contribution >= 4 is 41.2 Å². The quantitative estimate of drug-likeness (QED) is 0.333. The van der Waals surface area contributed by atoms with Crippen molar-refractivity contribution in [3.63, 3.8) is 0 Å². The van der Waals surface area contributed by atoms with E-state index in [1.807, 2.05) is 6.92 Å². The molecule has 2 N–H and O–H groups in total. The molecule has 11 heteroatoms. The van der Waals surface area contributed by atoms with Gasteiger partial charge in [0, 0.05) is 30.3 Å². The molecule has 210 valence electrons. The molecule has 1 aliphatic heterocycles.